The molecule has 1 aromatic heterocycles. The topological polar surface area (TPSA) is 114 Å². The minimum atomic E-state index is -1.70. The van der Waals surface area contributed by atoms with Gasteiger partial charge in [-0.25, -0.2) is 4.79 Å². The van der Waals surface area contributed by atoms with Crippen molar-refractivity contribution in [2.45, 2.75) is 24.9 Å². The molecular weight excluding hydrogens is 420 g/mol. The summed E-state index contributed by atoms with van der Waals surface area (Å²) in [6, 6.07) is 14.2. The molecule has 0 bridgehead atoms. The van der Waals surface area contributed by atoms with Gasteiger partial charge in [0, 0.05) is 22.3 Å². The molecule has 8 heteroatoms. The monoisotopic (exact) mass is 438 g/mol. The van der Waals surface area contributed by atoms with Gasteiger partial charge in [0.1, 0.15) is 0 Å². The molecule has 0 spiro atoms. The van der Waals surface area contributed by atoms with E-state index in [0.717, 1.165) is 24.0 Å². The molecule has 3 aromatic rings. The van der Waals surface area contributed by atoms with Crippen LogP contribution in [0.1, 0.15) is 46.5 Å². The normalized spacial score (nSPS) is 14.1. The number of carbonyl (C=O) groups excluding carboxylic acids is 1. The van der Waals surface area contributed by atoms with Crippen LogP contribution in [0.15, 0.2) is 60.8 Å². The largest absolute Gasteiger partial charge is 0.618 e. The van der Waals surface area contributed by atoms with Crippen LogP contribution < -0.4 is 10.0 Å². The molecule has 7 nitrogen and oxygen atoms in total. The number of hydrogen-bond acceptors (Lipinski definition) is 4. The molecule has 158 valence electrons. The van der Waals surface area contributed by atoms with E-state index in [1.165, 1.54) is 36.5 Å². The summed E-state index contributed by atoms with van der Waals surface area (Å²) in [7, 11) is 0. The molecule has 1 atom stereocenters. The minimum absolute atomic E-state index is 0.0677. The maximum atomic E-state index is 12.6. The molecule has 3 N–H and O–H groups in total. The van der Waals surface area contributed by atoms with Gasteiger partial charge in [0.05, 0.1) is 5.56 Å². The van der Waals surface area contributed by atoms with Crippen molar-refractivity contribution in [1.29, 1.82) is 0 Å². The second-order valence-electron chi connectivity index (χ2n) is 7.45. The first-order valence-electron chi connectivity index (χ1n) is 9.68. The Morgan fingerprint density at radius 3 is 2.42 bits per heavy atom. The smallest absolute Gasteiger partial charge is 0.335 e. The van der Waals surface area contributed by atoms with Crippen LogP contribution in [0.25, 0.3) is 11.1 Å². The van der Waals surface area contributed by atoms with Gasteiger partial charge in [-0.15, -0.1) is 0 Å². The third kappa shape index (κ3) is 4.52. The zero-order chi connectivity index (χ0) is 22.1. The number of nitrogens with one attached hydrogen (secondary N) is 1. The Bertz CT molecular complexity index is 1160. The summed E-state index contributed by atoms with van der Waals surface area (Å²) < 4.78 is 0.477. The van der Waals surface area contributed by atoms with Crippen LogP contribution in [0.4, 0.5) is 5.69 Å². The summed E-state index contributed by atoms with van der Waals surface area (Å²) in [5.41, 5.74) is 2.89. The van der Waals surface area contributed by atoms with Crippen LogP contribution in [-0.4, -0.2) is 22.1 Å². The molecule has 0 saturated heterocycles. The number of aliphatic hydroxyl groups is 1. The standard InChI is InChI=1S/C23H19ClN2O5/c24-16-6-9-18(13-1-2-13)19(11-16)15-5-10-20(26(31)12-15)21(27)22(28)25-17-7-3-14(4-8-17)23(29)30/h3-13,21,27H,1-2H2,(H,25,28)(H,29,30). The van der Waals surface area contributed by atoms with Crippen molar-refractivity contribution in [2.24, 2.45) is 0 Å². The summed E-state index contributed by atoms with van der Waals surface area (Å²) in [5.74, 6) is -1.44. The molecule has 1 fully saturated rings. The number of anilines is 1. The van der Waals surface area contributed by atoms with E-state index in [2.05, 4.69) is 5.32 Å². The van der Waals surface area contributed by atoms with E-state index in [1.807, 2.05) is 18.2 Å². The van der Waals surface area contributed by atoms with E-state index in [9.17, 15) is 19.9 Å². The molecule has 1 amide bonds. The van der Waals surface area contributed by atoms with Crippen molar-refractivity contribution in [1.82, 2.24) is 0 Å². The lowest BCUT2D eigenvalue weighted by Gasteiger charge is -2.14. The molecule has 1 heterocycles. The van der Waals surface area contributed by atoms with Crippen molar-refractivity contribution in [2.75, 3.05) is 5.32 Å². The van der Waals surface area contributed by atoms with E-state index in [-0.39, 0.29) is 11.3 Å². The predicted molar refractivity (Wildman–Crippen MR) is 115 cm³/mol. The first kappa shape index (κ1) is 20.8. The Balaban J connectivity index is 1.54. The lowest BCUT2D eigenvalue weighted by atomic mass is 9.97. The van der Waals surface area contributed by atoms with Gasteiger partial charge in [0.15, 0.2) is 6.20 Å². The first-order valence-corrected chi connectivity index (χ1v) is 10.1. The molecule has 1 unspecified atom stereocenters. The van der Waals surface area contributed by atoms with E-state index < -0.39 is 18.0 Å². The quantitative estimate of drug-likeness (QED) is 0.399. The van der Waals surface area contributed by atoms with E-state index in [0.29, 0.717) is 26.9 Å². The number of aromatic carboxylic acids is 1. The number of carbonyl (C=O) groups is 2. The lowest BCUT2D eigenvalue weighted by molar-refractivity contribution is -0.616. The van der Waals surface area contributed by atoms with Gasteiger partial charge in [-0.05, 0) is 72.4 Å². The maximum absolute atomic E-state index is 12.6. The van der Waals surface area contributed by atoms with Gasteiger partial charge in [0.2, 0.25) is 11.8 Å². The first-order chi connectivity index (χ1) is 14.8. The Kier molecular flexibility index (Phi) is 5.63. The number of aromatic nitrogens is 1. The van der Waals surface area contributed by atoms with Crippen molar-refractivity contribution >= 4 is 29.2 Å². The Labute approximate surface area is 183 Å². The summed E-state index contributed by atoms with van der Waals surface area (Å²) in [4.78, 5) is 23.3. The third-order valence-electron chi connectivity index (χ3n) is 5.22. The highest BCUT2D eigenvalue weighted by Crippen LogP contribution is 2.45. The van der Waals surface area contributed by atoms with Crippen molar-refractivity contribution in [3.05, 3.63) is 87.8 Å². The van der Waals surface area contributed by atoms with Crippen LogP contribution in [-0.2, 0) is 4.79 Å². The number of carboxylic acid groups (broad SMARTS) is 1. The molecule has 31 heavy (non-hydrogen) atoms. The van der Waals surface area contributed by atoms with E-state index in [4.69, 9.17) is 16.7 Å². The van der Waals surface area contributed by atoms with E-state index >= 15 is 0 Å². The Hall–Kier alpha value is -3.42. The molecule has 4 rings (SSSR count). The molecule has 1 aliphatic carbocycles. The number of amides is 1. The number of nitrogens with zero attached hydrogens (tertiary/aromatic N) is 1. The fraction of sp³-hybridized carbons (Fsp3) is 0.174. The summed E-state index contributed by atoms with van der Waals surface area (Å²) in [6.07, 6.45) is 1.81. The van der Waals surface area contributed by atoms with Crippen molar-refractivity contribution < 1.29 is 24.5 Å². The van der Waals surface area contributed by atoms with Crippen LogP contribution in [0.3, 0.4) is 0 Å². The third-order valence-corrected chi connectivity index (χ3v) is 5.45. The molecule has 0 aliphatic heterocycles. The average molecular weight is 439 g/mol. The van der Waals surface area contributed by atoms with Crippen LogP contribution in [0, 0.1) is 5.21 Å². The van der Waals surface area contributed by atoms with Crippen molar-refractivity contribution in [3.63, 3.8) is 0 Å². The van der Waals surface area contributed by atoms with Gasteiger partial charge >= 0.3 is 5.97 Å². The zero-order valence-corrected chi connectivity index (χ0v) is 17.0. The fourth-order valence-corrected chi connectivity index (χ4v) is 3.61. The summed E-state index contributed by atoms with van der Waals surface area (Å²) in [5, 5.41) is 34.9. The second kappa shape index (κ2) is 8.37. The predicted octanol–water partition coefficient (Wildman–Crippen LogP) is 3.89. The number of aliphatic hydroxyl groups excluding tert-OH is 1. The second-order valence-corrected chi connectivity index (χ2v) is 7.89. The number of hydrogen-bond donors (Lipinski definition) is 3. The molecule has 1 saturated carbocycles. The number of rotatable bonds is 6. The minimum Gasteiger partial charge on any atom is -0.618 e. The number of halogens is 1. The summed E-state index contributed by atoms with van der Waals surface area (Å²) in [6.45, 7) is 0. The van der Waals surface area contributed by atoms with Crippen LogP contribution in [0.2, 0.25) is 5.02 Å². The molecule has 2 aromatic carbocycles. The van der Waals surface area contributed by atoms with E-state index in [1.54, 1.807) is 6.07 Å². The number of pyridine rings is 1. The SMILES string of the molecule is O=C(O)c1ccc(NC(=O)C(O)c2ccc(-c3cc(Cl)ccc3C3CC3)c[n+]2[O-])cc1. The number of carboxylic acids is 1. The highest BCUT2D eigenvalue weighted by atomic mass is 35.5. The molecular formula is C23H19ClN2O5. The molecule has 0 radical (unpaired) electrons. The van der Waals surface area contributed by atoms with Gasteiger partial charge < -0.3 is 20.7 Å². The van der Waals surface area contributed by atoms with Crippen LogP contribution in [0.5, 0.6) is 0 Å². The van der Waals surface area contributed by atoms with Gasteiger partial charge in [-0.2, -0.15) is 4.73 Å². The van der Waals surface area contributed by atoms with Crippen molar-refractivity contribution in [3.8, 4) is 11.1 Å². The maximum Gasteiger partial charge on any atom is 0.335 e. The highest BCUT2D eigenvalue weighted by Gasteiger charge is 2.29. The average Bonchev–Trinajstić information content (AvgIpc) is 3.58. The Morgan fingerprint density at radius 2 is 1.81 bits per heavy atom. The fourth-order valence-electron chi connectivity index (χ4n) is 3.43. The zero-order valence-electron chi connectivity index (χ0n) is 16.3. The van der Waals surface area contributed by atoms with Gasteiger partial charge in [0.25, 0.3) is 5.91 Å². The highest BCUT2D eigenvalue weighted by molar-refractivity contribution is 6.30. The lowest BCUT2D eigenvalue weighted by Crippen LogP contribution is -2.37. The van der Waals surface area contributed by atoms with Crippen LogP contribution >= 0.6 is 11.6 Å². The Morgan fingerprint density at radius 1 is 1.10 bits per heavy atom. The summed E-state index contributed by atoms with van der Waals surface area (Å²) >= 11 is 6.15. The number of benzene rings is 2. The van der Waals surface area contributed by atoms with Gasteiger partial charge in [-0.1, -0.05) is 17.7 Å². The van der Waals surface area contributed by atoms with Gasteiger partial charge in [-0.3, -0.25) is 4.79 Å². The molecule has 1 aliphatic rings.